The molecule has 0 radical (unpaired) electrons. The molecular formula is C20H22N2O3. The van der Waals surface area contributed by atoms with E-state index < -0.39 is 17.7 Å². The number of hydrogen-bond donors (Lipinski definition) is 2. The van der Waals surface area contributed by atoms with E-state index in [0.717, 1.165) is 16.7 Å². The molecule has 2 amide bonds. The van der Waals surface area contributed by atoms with Crippen LogP contribution in [0.2, 0.25) is 0 Å². The van der Waals surface area contributed by atoms with Crippen molar-refractivity contribution in [3.8, 4) is 0 Å². The Morgan fingerprint density at radius 2 is 1.60 bits per heavy atom. The Morgan fingerprint density at radius 1 is 1.00 bits per heavy atom. The minimum Gasteiger partial charge on any atom is -0.444 e. The van der Waals surface area contributed by atoms with Crippen LogP contribution in [0.15, 0.2) is 54.6 Å². The highest BCUT2D eigenvalue weighted by atomic mass is 16.6. The lowest BCUT2D eigenvalue weighted by atomic mass is 9.87. The van der Waals surface area contributed by atoms with Crippen LogP contribution in [0.5, 0.6) is 0 Å². The van der Waals surface area contributed by atoms with E-state index in [1.165, 1.54) is 0 Å². The highest BCUT2D eigenvalue weighted by Gasteiger charge is 2.35. The van der Waals surface area contributed by atoms with Gasteiger partial charge in [-0.1, -0.05) is 54.6 Å². The Labute approximate surface area is 147 Å². The van der Waals surface area contributed by atoms with Crippen LogP contribution in [-0.4, -0.2) is 17.6 Å². The molecule has 3 rings (SSSR count). The molecule has 0 bridgehead atoms. The van der Waals surface area contributed by atoms with Crippen molar-refractivity contribution in [1.82, 2.24) is 10.6 Å². The number of benzene rings is 2. The molecular weight excluding hydrogens is 316 g/mol. The van der Waals surface area contributed by atoms with Crippen molar-refractivity contribution in [3.05, 3.63) is 71.3 Å². The summed E-state index contributed by atoms with van der Waals surface area (Å²) in [6.07, 6.45) is -0.611. The third kappa shape index (κ3) is 3.82. The second kappa shape index (κ2) is 6.59. The number of rotatable bonds is 2. The van der Waals surface area contributed by atoms with Gasteiger partial charge in [0.2, 0.25) is 5.91 Å². The molecule has 2 aromatic rings. The first-order chi connectivity index (χ1) is 11.8. The van der Waals surface area contributed by atoms with Gasteiger partial charge in [0.1, 0.15) is 11.6 Å². The molecule has 1 heterocycles. The van der Waals surface area contributed by atoms with Crippen LogP contribution >= 0.6 is 0 Å². The summed E-state index contributed by atoms with van der Waals surface area (Å²) < 4.78 is 5.29. The molecule has 0 spiro atoms. The topological polar surface area (TPSA) is 67.4 Å². The Hall–Kier alpha value is -2.82. The zero-order chi connectivity index (χ0) is 18.0. The van der Waals surface area contributed by atoms with E-state index in [9.17, 15) is 9.59 Å². The molecule has 5 nitrogen and oxygen atoms in total. The lowest BCUT2D eigenvalue weighted by Crippen LogP contribution is -2.47. The number of ether oxygens (including phenoxy) is 1. The molecule has 0 saturated carbocycles. The molecule has 0 aliphatic carbocycles. The summed E-state index contributed by atoms with van der Waals surface area (Å²) in [6, 6.07) is 16.4. The number of alkyl carbamates (subject to hydrolysis) is 1. The zero-order valence-electron chi connectivity index (χ0n) is 14.6. The fourth-order valence-corrected chi connectivity index (χ4v) is 2.96. The van der Waals surface area contributed by atoms with Crippen LogP contribution < -0.4 is 10.6 Å². The van der Waals surface area contributed by atoms with Gasteiger partial charge >= 0.3 is 6.09 Å². The molecule has 2 N–H and O–H groups in total. The third-order valence-electron chi connectivity index (χ3n) is 3.96. The summed E-state index contributed by atoms with van der Waals surface area (Å²) in [5, 5.41) is 5.68. The summed E-state index contributed by atoms with van der Waals surface area (Å²) in [5.74, 6) is -0.251. The largest absolute Gasteiger partial charge is 0.444 e. The number of carbonyl (C=O) groups is 2. The molecule has 2 aromatic carbocycles. The van der Waals surface area contributed by atoms with Crippen LogP contribution in [0.25, 0.3) is 0 Å². The van der Waals surface area contributed by atoms with Gasteiger partial charge in [0.15, 0.2) is 0 Å². The first-order valence-corrected chi connectivity index (χ1v) is 8.29. The molecule has 1 aliphatic heterocycles. The maximum atomic E-state index is 12.7. The average molecular weight is 338 g/mol. The van der Waals surface area contributed by atoms with E-state index in [1.54, 1.807) is 20.8 Å². The van der Waals surface area contributed by atoms with E-state index in [1.807, 2.05) is 54.6 Å². The fourth-order valence-electron chi connectivity index (χ4n) is 2.96. The predicted octanol–water partition coefficient (Wildman–Crippen LogP) is 3.47. The quantitative estimate of drug-likeness (QED) is 0.881. The molecule has 1 aliphatic rings. The molecule has 0 unspecified atom stereocenters. The van der Waals surface area contributed by atoms with E-state index in [4.69, 9.17) is 4.74 Å². The van der Waals surface area contributed by atoms with Crippen molar-refractivity contribution >= 4 is 12.0 Å². The molecule has 0 fully saturated rings. The Balaban J connectivity index is 1.91. The van der Waals surface area contributed by atoms with Crippen LogP contribution in [0.4, 0.5) is 4.79 Å². The summed E-state index contributed by atoms with van der Waals surface area (Å²) >= 11 is 0. The minimum atomic E-state index is -0.772. The van der Waals surface area contributed by atoms with E-state index in [2.05, 4.69) is 10.6 Å². The normalized spacial score (nSPS) is 19.6. The number of hydrogen-bond acceptors (Lipinski definition) is 3. The molecule has 130 valence electrons. The van der Waals surface area contributed by atoms with E-state index in [0.29, 0.717) is 0 Å². The van der Waals surface area contributed by atoms with Crippen LogP contribution in [0, 0.1) is 0 Å². The lowest BCUT2D eigenvalue weighted by Gasteiger charge is -2.33. The minimum absolute atomic E-state index is 0.235. The standard InChI is InChI=1S/C20H22N2O3/c1-20(2,3)25-19(24)22-17-15-12-8-7-11-14(15)16(21-18(17)23)13-9-5-4-6-10-13/h4-12,16-17H,1-3H3,(H,21,23)(H,22,24)/t16-,17-/m1/s1. The first kappa shape index (κ1) is 17.0. The summed E-state index contributed by atoms with van der Waals surface area (Å²) in [5.41, 5.74) is 2.13. The number of nitrogens with one attached hydrogen (secondary N) is 2. The van der Waals surface area contributed by atoms with E-state index in [-0.39, 0.29) is 11.9 Å². The predicted molar refractivity (Wildman–Crippen MR) is 95.0 cm³/mol. The van der Waals surface area contributed by atoms with Gasteiger partial charge < -0.3 is 15.4 Å². The summed E-state index contributed by atoms with van der Waals surface area (Å²) in [6.45, 7) is 5.35. The van der Waals surface area contributed by atoms with Crippen molar-refractivity contribution in [3.63, 3.8) is 0 Å². The fraction of sp³-hybridized carbons (Fsp3) is 0.300. The van der Waals surface area contributed by atoms with Crippen molar-refractivity contribution < 1.29 is 14.3 Å². The third-order valence-corrected chi connectivity index (χ3v) is 3.96. The monoisotopic (exact) mass is 338 g/mol. The lowest BCUT2D eigenvalue weighted by molar-refractivity contribution is -0.124. The van der Waals surface area contributed by atoms with Gasteiger partial charge in [-0.05, 0) is 37.5 Å². The average Bonchev–Trinajstić information content (AvgIpc) is 2.56. The Kier molecular flexibility index (Phi) is 4.49. The summed E-state index contributed by atoms with van der Waals surface area (Å²) in [7, 11) is 0. The molecule has 0 aromatic heterocycles. The highest BCUT2D eigenvalue weighted by Crippen LogP contribution is 2.33. The van der Waals surface area contributed by atoms with Gasteiger partial charge in [0.25, 0.3) is 0 Å². The summed E-state index contributed by atoms with van der Waals surface area (Å²) in [4.78, 5) is 24.8. The van der Waals surface area contributed by atoms with Crippen LogP contribution in [-0.2, 0) is 9.53 Å². The Morgan fingerprint density at radius 3 is 2.24 bits per heavy atom. The highest BCUT2D eigenvalue weighted by molar-refractivity contribution is 5.89. The van der Waals surface area contributed by atoms with Gasteiger partial charge in [-0.15, -0.1) is 0 Å². The van der Waals surface area contributed by atoms with Gasteiger partial charge in [-0.25, -0.2) is 4.79 Å². The zero-order valence-corrected chi connectivity index (χ0v) is 14.6. The van der Waals surface area contributed by atoms with E-state index >= 15 is 0 Å². The SMILES string of the molecule is CC(C)(C)OC(=O)N[C@H]1C(=O)N[C@H](c2ccccc2)c2ccccc21. The number of carbonyl (C=O) groups excluding carboxylic acids is 2. The van der Waals surface area contributed by atoms with Crippen molar-refractivity contribution in [2.24, 2.45) is 0 Å². The first-order valence-electron chi connectivity index (χ1n) is 8.29. The van der Waals surface area contributed by atoms with Gasteiger partial charge in [0.05, 0.1) is 6.04 Å². The van der Waals surface area contributed by atoms with Crippen molar-refractivity contribution in [1.29, 1.82) is 0 Å². The molecule has 25 heavy (non-hydrogen) atoms. The number of fused-ring (bicyclic) bond motifs is 1. The van der Waals surface area contributed by atoms with Crippen LogP contribution in [0.1, 0.15) is 49.5 Å². The maximum absolute atomic E-state index is 12.7. The van der Waals surface area contributed by atoms with Crippen LogP contribution in [0.3, 0.4) is 0 Å². The molecule has 2 atom stereocenters. The maximum Gasteiger partial charge on any atom is 0.408 e. The van der Waals surface area contributed by atoms with Gasteiger partial charge in [-0.3, -0.25) is 4.79 Å². The van der Waals surface area contributed by atoms with Crippen molar-refractivity contribution in [2.75, 3.05) is 0 Å². The second-order valence-electron chi connectivity index (χ2n) is 7.06. The number of amides is 2. The molecule has 5 heteroatoms. The van der Waals surface area contributed by atoms with Gasteiger partial charge in [-0.2, -0.15) is 0 Å². The second-order valence-corrected chi connectivity index (χ2v) is 7.06. The molecule has 0 saturated heterocycles. The smallest absolute Gasteiger partial charge is 0.408 e. The van der Waals surface area contributed by atoms with Crippen molar-refractivity contribution in [2.45, 2.75) is 38.5 Å². The Bertz CT molecular complexity index is 781. The van der Waals surface area contributed by atoms with Gasteiger partial charge in [0, 0.05) is 0 Å².